The van der Waals surface area contributed by atoms with Crippen LogP contribution in [-0.2, 0) is 0 Å². The Morgan fingerprint density at radius 3 is 2.64 bits per heavy atom. The van der Waals surface area contributed by atoms with Gasteiger partial charge in [0, 0.05) is 12.6 Å². The topological polar surface area (TPSA) is 14.1 Å². The van der Waals surface area contributed by atoms with Crippen molar-refractivity contribution in [1.82, 2.24) is 5.32 Å². The Kier molecular flexibility index (Phi) is 1.91. The van der Waals surface area contributed by atoms with E-state index in [4.69, 9.17) is 0 Å². The number of hydrogen-bond donors (Lipinski definition) is 0. The lowest BCUT2D eigenvalue weighted by Crippen LogP contribution is -2.04. The Labute approximate surface area is 67.4 Å². The van der Waals surface area contributed by atoms with Crippen molar-refractivity contribution in [3.05, 3.63) is 35.9 Å². The average molecular weight is 146 g/mol. The molecule has 0 spiro atoms. The van der Waals surface area contributed by atoms with E-state index in [-0.39, 0.29) is 0 Å². The Bertz CT molecular complexity index is 212. The standard InChI is InChI=1S/C10H12N/c1-2-5-9(6-3-1)10-7-4-8-11-10/h1-3,5-6,10H,4,7-8H2. The molecule has 1 heteroatoms. The van der Waals surface area contributed by atoms with Gasteiger partial charge in [-0.15, -0.1) is 0 Å². The molecule has 1 saturated heterocycles. The van der Waals surface area contributed by atoms with Crippen molar-refractivity contribution in [1.29, 1.82) is 0 Å². The second-order valence-electron chi connectivity index (χ2n) is 2.97. The molecule has 1 unspecified atom stereocenters. The van der Waals surface area contributed by atoms with Crippen molar-refractivity contribution in [3.8, 4) is 0 Å². The van der Waals surface area contributed by atoms with Crippen LogP contribution in [-0.4, -0.2) is 6.54 Å². The molecule has 2 rings (SSSR count). The van der Waals surface area contributed by atoms with Gasteiger partial charge in [0.05, 0.1) is 0 Å². The summed E-state index contributed by atoms with van der Waals surface area (Å²) in [6.45, 7) is 1.06. The van der Waals surface area contributed by atoms with Crippen LogP contribution < -0.4 is 5.32 Å². The van der Waals surface area contributed by atoms with Gasteiger partial charge in [-0.1, -0.05) is 30.3 Å². The minimum Gasteiger partial charge on any atom is -0.234 e. The summed E-state index contributed by atoms with van der Waals surface area (Å²) in [6.07, 6.45) is 2.50. The zero-order valence-electron chi connectivity index (χ0n) is 6.53. The fraction of sp³-hybridized carbons (Fsp3) is 0.400. The number of nitrogens with zero attached hydrogens (tertiary/aromatic N) is 1. The van der Waals surface area contributed by atoms with Gasteiger partial charge in [-0.2, -0.15) is 0 Å². The molecule has 1 aliphatic rings. The predicted molar refractivity (Wildman–Crippen MR) is 45.4 cm³/mol. The monoisotopic (exact) mass is 146 g/mol. The lowest BCUT2D eigenvalue weighted by Gasteiger charge is -2.07. The molecule has 0 aromatic heterocycles. The largest absolute Gasteiger partial charge is 0.234 e. The van der Waals surface area contributed by atoms with E-state index >= 15 is 0 Å². The minimum absolute atomic E-state index is 0.496. The molecule has 1 nitrogen and oxygen atoms in total. The Morgan fingerprint density at radius 2 is 2.00 bits per heavy atom. The van der Waals surface area contributed by atoms with E-state index in [0.717, 1.165) is 6.54 Å². The Morgan fingerprint density at radius 1 is 1.18 bits per heavy atom. The third-order valence-electron chi connectivity index (χ3n) is 2.17. The van der Waals surface area contributed by atoms with Crippen molar-refractivity contribution in [3.63, 3.8) is 0 Å². The molecule has 0 aliphatic carbocycles. The van der Waals surface area contributed by atoms with Crippen LogP contribution in [0.1, 0.15) is 24.4 Å². The summed E-state index contributed by atoms with van der Waals surface area (Å²) in [5.41, 5.74) is 1.38. The number of benzene rings is 1. The van der Waals surface area contributed by atoms with Gasteiger partial charge < -0.3 is 0 Å². The second-order valence-corrected chi connectivity index (χ2v) is 2.97. The third kappa shape index (κ3) is 1.43. The SMILES string of the molecule is c1ccc(C2CCC[N]2)cc1. The molecule has 1 radical (unpaired) electrons. The Hall–Kier alpha value is -0.820. The number of rotatable bonds is 1. The average Bonchev–Trinajstić information content (AvgIpc) is 2.58. The highest BCUT2D eigenvalue weighted by Gasteiger charge is 2.16. The van der Waals surface area contributed by atoms with Crippen LogP contribution in [0, 0.1) is 0 Å². The molecule has 1 atom stereocenters. The zero-order valence-corrected chi connectivity index (χ0v) is 6.53. The van der Waals surface area contributed by atoms with E-state index in [1.165, 1.54) is 18.4 Å². The predicted octanol–water partition coefficient (Wildman–Crippen LogP) is 2.13. The fourth-order valence-corrected chi connectivity index (χ4v) is 1.57. The summed E-state index contributed by atoms with van der Waals surface area (Å²) in [5, 5.41) is 4.51. The maximum absolute atomic E-state index is 4.51. The summed E-state index contributed by atoms with van der Waals surface area (Å²) in [5.74, 6) is 0. The van der Waals surface area contributed by atoms with Crippen LogP contribution in [0.5, 0.6) is 0 Å². The molecule has 1 aromatic rings. The van der Waals surface area contributed by atoms with Crippen LogP contribution >= 0.6 is 0 Å². The molecule has 11 heavy (non-hydrogen) atoms. The number of hydrogen-bond acceptors (Lipinski definition) is 0. The van der Waals surface area contributed by atoms with Gasteiger partial charge in [0.2, 0.25) is 0 Å². The summed E-state index contributed by atoms with van der Waals surface area (Å²) in [7, 11) is 0. The first-order valence-electron chi connectivity index (χ1n) is 4.18. The lowest BCUT2D eigenvalue weighted by molar-refractivity contribution is 0.635. The van der Waals surface area contributed by atoms with E-state index in [2.05, 4.69) is 35.6 Å². The normalized spacial score (nSPS) is 23.8. The minimum atomic E-state index is 0.496. The zero-order chi connectivity index (χ0) is 7.52. The first-order chi connectivity index (χ1) is 5.47. The summed E-state index contributed by atoms with van der Waals surface area (Å²) < 4.78 is 0. The van der Waals surface area contributed by atoms with Crippen molar-refractivity contribution in [2.45, 2.75) is 18.9 Å². The summed E-state index contributed by atoms with van der Waals surface area (Å²) in [6, 6.07) is 11.1. The van der Waals surface area contributed by atoms with Gasteiger partial charge in [0.25, 0.3) is 0 Å². The first kappa shape index (κ1) is 6.86. The first-order valence-corrected chi connectivity index (χ1v) is 4.18. The van der Waals surface area contributed by atoms with Gasteiger partial charge in [0.1, 0.15) is 0 Å². The highest BCUT2D eigenvalue weighted by molar-refractivity contribution is 5.19. The molecule has 1 fully saturated rings. The van der Waals surface area contributed by atoms with Crippen molar-refractivity contribution in [2.24, 2.45) is 0 Å². The molecule has 1 heterocycles. The molecule has 0 bridgehead atoms. The Balaban J connectivity index is 2.16. The van der Waals surface area contributed by atoms with Crippen LogP contribution in [0.4, 0.5) is 0 Å². The maximum atomic E-state index is 4.51. The van der Waals surface area contributed by atoms with Crippen molar-refractivity contribution >= 4 is 0 Å². The molecule has 1 aliphatic heterocycles. The molecule has 0 saturated carbocycles. The van der Waals surface area contributed by atoms with E-state index in [9.17, 15) is 0 Å². The van der Waals surface area contributed by atoms with E-state index < -0.39 is 0 Å². The smallest absolute Gasteiger partial charge is 0.0496 e. The van der Waals surface area contributed by atoms with Crippen LogP contribution in [0.25, 0.3) is 0 Å². The lowest BCUT2D eigenvalue weighted by atomic mass is 10.1. The van der Waals surface area contributed by atoms with Gasteiger partial charge in [-0.25, -0.2) is 5.32 Å². The fourth-order valence-electron chi connectivity index (χ4n) is 1.57. The van der Waals surface area contributed by atoms with E-state index in [1.807, 2.05) is 0 Å². The maximum Gasteiger partial charge on any atom is 0.0496 e. The van der Waals surface area contributed by atoms with Gasteiger partial charge in [-0.3, -0.25) is 0 Å². The molecular weight excluding hydrogens is 134 g/mol. The molecular formula is C10H12N. The highest BCUT2D eigenvalue weighted by atomic mass is 14.9. The van der Waals surface area contributed by atoms with Gasteiger partial charge >= 0.3 is 0 Å². The van der Waals surface area contributed by atoms with Gasteiger partial charge in [0.15, 0.2) is 0 Å². The molecule has 0 N–H and O–H groups in total. The van der Waals surface area contributed by atoms with Crippen molar-refractivity contribution < 1.29 is 0 Å². The third-order valence-corrected chi connectivity index (χ3v) is 2.17. The molecule has 1 aromatic carbocycles. The van der Waals surface area contributed by atoms with Crippen LogP contribution in [0.15, 0.2) is 30.3 Å². The highest BCUT2D eigenvalue weighted by Crippen LogP contribution is 2.23. The second kappa shape index (κ2) is 3.05. The summed E-state index contributed by atoms with van der Waals surface area (Å²) >= 11 is 0. The summed E-state index contributed by atoms with van der Waals surface area (Å²) in [4.78, 5) is 0. The quantitative estimate of drug-likeness (QED) is 0.576. The van der Waals surface area contributed by atoms with Crippen molar-refractivity contribution in [2.75, 3.05) is 6.54 Å². The van der Waals surface area contributed by atoms with E-state index in [1.54, 1.807) is 0 Å². The van der Waals surface area contributed by atoms with Gasteiger partial charge in [-0.05, 0) is 18.4 Å². The van der Waals surface area contributed by atoms with Crippen LogP contribution in [0.3, 0.4) is 0 Å². The van der Waals surface area contributed by atoms with E-state index in [0.29, 0.717) is 6.04 Å². The molecule has 0 amide bonds. The molecule has 57 valence electrons. The van der Waals surface area contributed by atoms with Crippen LogP contribution in [0.2, 0.25) is 0 Å².